The van der Waals surface area contributed by atoms with Crippen LogP contribution >= 0.6 is 0 Å². The molecule has 0 radical (unpaired) electrons. The number of hydrogen-bond donors (Lipinski definition) is 0. The van der Waals surface area contributed by atoms with Crippen LogP contribution < -0.4 is 0 Å². The van der Waals surface area contributed by atoms with Crippen LogP contribution in [0.1, 0.15) is 32.5 Å². The number of methoxy groups -OCH3 is 1. The molecule has 0 aromatic heterocycles. The van der Waals surface area contributed by atoms with Crippen molar-refractivity contribution in [2.24, 2.45) is 11.3 Å². The second-order valence-electron chi connectivity index (χ2n) is 5.18. The molecule has 94 valence electrons. The summed E-state index contributed by atoms with van der Waals surface area (Å²) >= 11 is 0. The molecule has 0 N–H and O–H groups in total. The molecular weight excluding hydrogens is 219 g/mol. The van der Waals surface area contributed by atoms with E-state index in [2.05, 4.69) is 0 Å². The van der Waals surface area contributed by atoms with Gasteiger partial charge in [0.25, 0.3) is 0 Å². The molecule has 0 amide bonds. The molecule has 2 atom stereocenters. The number of ether oxygens (including phenoxy) is 1. The van der Waals surface area contributed by atoms with E-state index < -0.39 is 23.5 Å². The summed E-state index contributed by atoms with van der Waals surface area (Å²) in [4.78, 5) is 11.7. The van der Waals surface area contributed by atoms with Gasteiger partial charge in [0, 0.05) is 0 Å². The molecule has 1 aromatic carbocycles. The van der Waals surface area contributed by atoms with Crippen molar-refractivity contribution in [3.05, 3.63) is 35.9 Å². The Morgan fingerprint density at radius 2 is 1.76 bits per heavy atom. The number of alkyl halides is 1. The molecule has 0 bridgehead atoms. The third kappa shape index (κ3) is 3.29. The Morgan fingerprint density at radius 3 is 2.18 bits per heavy atom. The van der Waals surface area contributed by atoms with Crippen LogP contribution in [0.3, 0.4) is 0 Å². The highest BCUT2D eigenvalue weighted by Gasteiger charge is 2.40. The van der Waals surface area contributed by atoms with Gasteiger partial charge in [-0.15, -0.1) is 0 Å². The number of benzene rings is 1. The topological polar surface area (TPSA) is 26.3 Å². The highest BCUT2D eigenvalue weighted by atomic mass is 19.1. The highest BCUT2D eigenvalue weighted by molar-refractivity contribution is 5.74. The fourth-order valence-electron chi connectivity index (χ4n) is 1.87. The molecule has 0 unspecified atom stereocenters. The van der Waals surface area contributed by atoms with Crippen molar-refractivity contribution in [3.8, 4) is 0 Å². The monoisotopic (exact) mass is 238 g/mol. The molecular formula is C14H19FO2. The lowest BCUT2D eigenvalue weighted by Gasteiger charge is -2.31. The number of halogens is 1. The van der Waals surface area contributed by atoms with Gasteiger partial charge in [0.05, 0.1) is 13.0 Å². The fraction of sp³-hybridized carbons (Fsp3) is 0.500. The van der Waals surface area contributed by atoms with Crippen molar-refractivity contribution in [1.29, 1.82) is 0 Å². The zero-order valence-electron chi connectivity index (χ0n) is 10.7. The minimum Gasteiger partial charge on any atom is -0.469 e. The summed E-state index contributed by atoms with van der Waals surface area (Å²) in [7, 11) is 1.29. The number of rotatable bonds is 3. The predicted molar refractivity (Wildman–Crippen MR) is 65.3 cm³/mol. The zero-order valence-corrected chi connectivity index (χ0v) is 10.7. The lowest BCUT2D eigenvalue weighted by Crippen LogP contribution is -2.33. The van der Waals surface area contributed by atoms with E-state index in [0.29, 0.717) is 5.56 Å². The smallest absolute Gasteiger partial charge is 0.312 e. The molecule has 0 saturated heterocycles. The lowest BCUT2D eigenvalue weighted by atomic mass is 9.76. The van der Waals surface area contributed by atoms with Gasteiger partial charge in [0.15, 0.2) is 0 Å². The highest BCUT2D eigenvalue weighted by Crippen LogP contribution is 2.39. The van der Waals surface area contributed by atoms with Gasteiger partial charge in [-0.25, -0.2) is 4.39 Å². The number of carbonyl (C=O) groups excluding carboxylic acids is 1. The van der Waals surface area contributed by atoms with Crippen LogP contribution in [0.4, 0.5) is 4.39 Å². The third-order valence-corrected chi connectivity index (χ3v) is 2.80. The van der Waals surface area contributed by atoms with E-state index in [1.807, 2.05) is 26.8 Å². The predicted octanol–water partition coefficient (Wildman–Crippen LogP) is 3.53. The van der Waals surface area contributed by atoms with E-state index in [4.69, 9.17) is 4.74 Å². The van der Waals surface area contributed by atoms with Crippen LogP contribution in [0.5, 0.6) is 0 Å². The van der Waals surface area contributed by atoms with Gasteiger partial charge in [-0.3, -0.25) is 4.79 Å². The van der Waals surface area contributed by atoms with Gasteiger partial charge < -0.3 is 4.74 Å². The van der Waals surface area contributed by atoms with E-state index in [0.717, 1.165) is 0 Å². The Morgan fingerprint density at radius 1 is 1.24 bits per heavy atom. The Labute approximate surface area is 102 Å². The number of hydrogen-bond acceptors (Lipinski definition) is 2. The summed E-state index contributed by atoms with van der Waals surface area (Å²) in [6.45, 7) is 5.51. The fourth-order valence-corrected chi connectivity index (χ4v) is 1.87. The number of carbonyl (C=O) groups is 1. The van der Waals surface area contributed by atoms with Crippen LogP contribution in [0.25, 0.3) is 0 Å². The van der Waals surface area contributed by atoms with Crippen LogP contribution in [-0.2, 0) is 9.53 Å². The van der Waals surface area contributed by atoms with Gasteiger partial charge in [0.1, 0.15) is 6.17 Å². The van der Waals surface area contributed by atoms with Crippen molar-refractivity contribution in [2.75, 3.05) is 7.11 Å². The molecule has 1 rings (SSSR count). The summed E-state index contributed by atoms with van der Waals surface area (Å²) < 4.78 is 19.1. The standard InChI is InChI=1S/C14H19FO2/c1-14(2,3)11(13(16)17-4)12(15)10-8-6-5-7-9-10/h5-9,11-12H,1-4H3/t11-,12+/m0/s1. The molecule has 0 fully saturated rings. The lowest BCUT2D eigenvalue weighted by molar-refractivity contribution is -0.152. The van der Waals surface area contributed by atoms with Crippen molar-refractivity contribution in [2.45, 2.75) is 26.9 Å². The summed E-state index contributed by atoms with van der Waals surface area (Å²) in [5.41, 5.74) is 0.0281. The summed E-state index contributed by atoms with van der Waals surface area (Å²) in [6.07, 6.45) is -1.34. The van der Waals surface area contributed by atoms with Crippen molar-refractivity contribution in [3.63, 3.8) is 0 Å². The van der Waals surface area contributed by atoms with Crippen molar-refractivity contribution < 1.29 is 13.9 Å². The molecule has 3 heteroatoms. The number of esters is 1. The maximum atomic E-state index is 14.4. The van der Waals surface area contributed by atoms with Crippen LogP contribution in [0.15, 0.2) is 30.3 Å². The second-order valence-corrected chi connectivity index (χ2v) is 5.18. The maximum absolute atomic E-state index is 14.4. The van der Waals surface area contributed by atoms with E-state index in [1.165, 1.54) is 7.11 Å². The molecule has 2 nitrogen and oxygen atoms in total. The Kier molecular flexibility index (Phi) is 4.27. The molecule has 0 saturated carbocycles. The van der Waals surface area contributed by atoms with Crippen LogP contribution in [0, 0.1) is 11.3 Å². The Hall–Kier alpha value is -1.38. The van der Waals surface area contributed by atoms with E-state index in [1.54, 1.807) is 24.3 Å². The van der Waals surface area contributed by atoms with E-state index in [-0.39, 0.29) is 0 Å². The first kappa shape index (κ1) is 13.7. The van der Waals surface area contributed by atoms with Gasteiger partial charge in [0.2, 0.25) is 0 Å². The maximum Gasteiger partial charge on any atom is 0.312 e. The summed E-state index contributed by atoms with van der Waals surface area (Å²) in [5, 5.41) is 0. The summed E-state index contributed by atoms with van der Waals surface area (Å²) in [6, 6.07) is 8.72. The largest absolute Gasteiger partial charge is 0.469 e. The van der Waals surface area contributed by atoms with Crippen molar-refractivity contribution in [1.82, 2.24) is 0 Å². The molecule has 17 heavy (non-hydrogen) atoms. The quantitative estimate of drug-likeness (QED) is 0.753. The molecule has 0 aliphatic carbocycles. The Bertz CT molecular complexity index is 368. The minimum atomic E-state index is -1.34. The van der Waals surface area contributed by atoms with Gasteiger partial charge >= 0.3 is 5.97 Å². The van der Waals surface area contributed by atoms with Crippen LogP contribution in [0.2, 0.25) is 0 Å². The van der Waals surface area contributed by atoms with Crippen LogP contribution in [-0.4, -0.2) is 13.1 Å². The zero-order chi connectivity index (χ0) is 13.1. The first-order chi connectivity index (χ1) is 7.88. The summed E-state index contributed by atoms with van der Waals surface area (Å²) in [5.74, 6) is -1.30. The first-order valence-corrected chi connectivity index (χ1v) is 5.64. The van der Waals surface area contributed by atoms with E-state index >= 15 is 0 Å². The average molecular weight is 238 g/mol. The Balaban J connectivity index is 3.04. The first-order valence-electron chi connectivity index (χ1n) is 5.64. The van der Waals surface area contributed by atoms with Gasteiger partial charge in [-0.05, 0) is 11.0 Å². The molecule has 1 aromatic rings. The molecule has 0 aliphatic heterocycles. The van der Waals surface area contributed by atoms with Gasteiger partial charge in [-0.2, -0.15) is 0 Å². The molecule has 0 heterocycles. The molecule has 0 spiro atoms. The molecule has 0 aliphatic rings. The SMILES string of the molecule is COC(=O)[C@H]([C@H](F)c1ccccc1)C(C)(C)C. The normalized spacial score (nSPS) is 15.1. The van der Waals surface area contributed by atoms with Crippen molar-refractivity contribution >= 4 is 5.97 Å². The third-order valence-electron chi connectivity index (χ3n) is 2.80. The average Bonchev–Trinajstić information content (AvgIpc) is 2.28. The second kappa shape index (κ2) is 5.30. The van der Waals surface area contributed by atoms with Gasteiger partial charge in [-0.1, -0.05) is 51.1 Å². The minimum absolute atomic E-state index is 0.484. The van der Waals surface area contributed by atoms with E-state index in [9.17, 15) is 9.18 Å².